The van der Waals surface area contributed by atoms with Crippen molar-refractivity contribution in [2.24, 2.45) is 5.92 Å². The summed E-state index contributed by atoms with van der Waals surface area (Å²) in [4.78, 5) is 27.9. The van der Waals surface area contributed by atoms with E-state index >= 15 is 0 Å². The Hall–Kier alpha value is -1.49. The first kappa shape index (κ1) is 15.1. The molecule has 2 heterocycles. The van der Waals surface area contributed by atoms with Crippen LogP contribution in [0.25, 0.3) is 0 Å². The van der Waals surface area contributed by atoms with Crippen molar-refractivity contribution >= 4 is 23.6 Å². The molecule has 2 aliphatic heterocycles. The molecule has 122 valence electrons. The van der Waals surface area contributed by atoms with Gasteiger partial charge in [0.15, 0.2) is 0 Å². The Morgan fingerprint density at radius 2 is 1.96 bits per heavy atom. The molecule has 0 bridgehead atoms. The lowest BCUT2D eigenvalue weighted by Gasteiger charge is -2.34. The Morgan fingerprint density at radius 3 is 2.78 bits per heavy atom. The molecule has 3 aliphatic rings. The minimum absolute atomic E-state index is 0.0317. The standard InChI is InChI=1S/C18H21NO3S/c20-17(13-10-23-16-8-4-2-6-12(13)16)19-14-7-3-1-5-11(14)9-15(19)18(21)22/h2,4,6,8,11,13-15H,1,3,5,7,9-10H2,(H,21,22). The lowest BCUT2D eigenvalue weighted by molar-refractivity contribution is -0.150. The molecule has 1 aliphatic carbocycles. The highest BCUT2D eigenvalue weighted by atomic mass is 32.2. The Labute approximate surface area is 140 Å². The van der Waals surface area contributed by atoms with Crippen molar-refractivity contribution in [2.75, 3.05) is 5.75 Å². The quantitative estimate of drug-likeness (QED) is 0.904. The predicted octanol–water partition coefficient (Wildman–Crippen LogP) is 3.12. The molecule has 1 aromatic carbocycles. The van der Waals surface area contributed by atoms with Gasteiger partial charge >= 0.3 is 5.97 Å². The topological polar surface area (TPSA) is 57.6 Å². The lowest BCUT2D eigenvalue weighted by Crippen LogP contribution is -2.48. The van der Waals surface area contributed by atoms with Crippen molar-refractivity contribution in [3.05, 3.63) is 29.8 Å². The maximum Gasteiger partial charge on any atom is 0.326 e. The van der Waals surface area contributed by atoms with Crippen molar-refractivity contribution in [3.8, 4) is 0 Å². The summed E-state index contributed by atoms with van der Waals surface area (Å²) in [5, 5.41) is 9.62. The summed E-state index contributed by atoms with van der Waals surface area (Å²) in [6.07, 6.45) is 4.92. The first-order valence-corrected chi connectivity index (χ1v) is 9.42. The van der Waals surface area contributed by atoms with Gasteiger partial charge in [0.2, 0.25) is 5.91 Å². The molecule has 0 aromatic heterocycles. The summed E-state index contributed by atoms with van der Waals surface area (Å²) in [5.41, 5.74) is 1.07. The summed E-state index contributed by atoms with van der Waals surface area (Å²) in [6, 6.07) is 7.53. The first-order valence-electron chi connectivity index (χ1n) is 8.43. The predicted molar refractivity (Wildman–Crippen MR) is 88.5 cm³/mol. The van der Waals surface area contributed by atoms with Crippen LogP contribution in [-0.2, 0) is 9.59 Å². The van der Waals surface area contributed by atoms with E-state index in [4.69, 9.17) is 0 Å². The molecule has 4 rings (SSSR count). The summed E-state index contributed by atoms with van der Waals surface area (Å²) in [5.74, 6) is 0.117. The van der Waals surface area contributed by atoms with Crippen LogP contribution in [0.2, 0.25) is 0 Å². The molecule has 23 heavy (non-hydrogen) atoms. The number of carbonyl (C=O) groups is 2. The molecule has 1 saturated heterocycles. The zero-order valence-corrected chi connectivity index (χ0v) is 13.8. The Balaban J connectivity index is 1.65. The molecule has 1 saturated carbocycles. The Bertz CT molecular complexity index is 647. The number of fused-ring (bicyclic) bond motifs is 2. The number of aliphatic carboxylic acids is 1. The van der Waals surface area contributed by atoms with Crippen LogP contribution >= 0.6 is 11.8 Å². The zero-order chi connectivity index (χ0) is 16.0. The summed E-state index contributed by atoms with van der Waals surface area (Å²) in [7, 11) is 0. The number of rotatable bonds is 2. The number of nitrogens with zero attached hydrogens (tertiary/aromatic N) is 1. The lowest BCUT2D eigenvalue weighted by atomic mass is 9.84. The molecular formula is C18H21NO3S. The Kier molecular flexibility index (Phi) is 3.84. The van der Waals surface area contributed by atoms with Crippen LogP contribution in [0.15, 0.2) is 29.2 Å². The highest BCUT2D eigenvalue weighted by molar-refractivity contribution is 7.99. The van der Waals surface area contributed by atoms with Gasteiger partial charge in [-0.25, -0.2) is 4.79 Å². The molecule has 5 heteroatoms. The smallest absolute Gasteiger partial charge is 0.326 e. The number of benzene rings is 1. The number of hydrogen-bond donors (Lipinski definition) is 1. The van der Waals surface area contributed by atoms with Gasteiger partial charge in [0.05, 0.1) is 5.92 Å². The van der Waals surface area contributed by atoms with Gasteiger partial charge in [0, 0.05) is 16.7 Å². The number of carbonyl (C=O) groups excluding carboxylic acids is 1. The average Bonchev–Trinajstić information content (AvgIpc) is 3.16. The summed E-state index contributed by atoms with van der Waals surface area (Å²) < 4.78 is 0. The van der Waals surface area contributed by atoms with Crippen LogP contribution in [-0.4, -0.2) is 39.7 Å². The normalized spacial score (nSPS) is 32.4. The molecule has 0 spiro atoms. The van der Waals surface area contributed by atoms with Crippen molar-refractivity contribution in [2.45, 2.75) is 55.0 Å². The summed E-state index contributed by atoms with van der Waals surface area (Å²) >= 11 is 1.71. The first-order chi connectivity index (χ1) is 11.2. The van der Waals surface area contributed by atoms with Gasteiger partial charge in [0.25, 0.3) is 0 Å². The maximum absolute atomic E-state index is 13.2. The fraction of sp³-hybridized carbons (Fsp3) is 0.556. The third-order valence-electron chi connectivity index (χ3n) is 5.63. The molecule has 1 amide bonds. The van der Waals surface area contributed by atoms with E-state index in [0.29, 0.717) is 12.3 Å². The highest BCUT2D eigenvalue weighted by Gasteiger charge is 2.49. The minimum Gasteiger partial charge on any atom is -0.480 e. The molecule has 2 fully saturated rings. The molecule has 1 N–H and O–H groups in total. The van der Waals surface area contributed by atoms with Gasteiger partial charge in [0.1, 0.15) is 6.04 Å². The van der Waals surface area contributed by atoms with Crippen LogP contribution in [0.1, 0.15) is 43.6 Å². The van der Waals surface area contributed by atoms with Gasteiger partial charge in [-0.3, -0.25) is 4.79 Å². The van der Waals surface area contributed by atoms with Crippen LogP contribution < -0.4 is 0 Å². The number of likely N-dealkylation sites (tertiary alicyclic amines) is 1. The molecule has 1 aromatic rings. The van der Waals surface area contributed by atoms with Crippen molar-refractivity contribution < 1.29 is 14.7 Å². The third-order valence-corrected chi connectivity index (χ3v) is 6.81. The zero-order valence-electron chi connectivity index (χ0n) is 13.0. The molecule has 4 nitrogen and oxygen atoms in total. The molecule has 4 unspecified atom stereocenters. The molecule has 4 atom stereocenters. The van der Waals surface area contributed by atoms with E-state index in [0.717, 1.165) is 41.9 Å². The second-order valence-electron chi connectivity index (χ2n) is 6.85. The SMILES string of the molecule is O=C(O)C1CC2CCCCC2N1C(=O)C1CSc2ccccc21. The van der Waals surface area contributed by atoms with E-state index in [1.165, 1.54) is 0 Å². The van der Waals surface area contributed by atoms with Crippen LogP contribution in [0, 0.1) is 5.92 Å². The largest absolute Gasteiger partial charge is 0.480 e. The molecular weight excluding hydrogens is 310 g/mol. The third kappa shape index (κ3) is 2.45. The van der Waals surface area contributed by atoms with E-state index in [1.807, 2.05) is 18.2 Å². The van der Waals surface area contributed by atoms with Crippen molar-refractivity contribution in [1.82, 2.24) is 4.90 Å². The Morgan fingerprint density at radius 1 is 1.17 bits per heavy atom. The van der Waals surface area contributed by atoms with E-state index < -0.39 is 12.0 Å². The number of amides is 1. The van der Waals surface area contributed by atoms with E-state index in [2.05, 4.69) is 6.07 Å². The molecule has 0 radical (unpaired) electrons. The number of carboxylic acids is 1. The van der Waals surface area contributed by atoms with Crippen LogP contribution in [0.3, 0.4) is 0 Å². The van der Waals surface area contributed by atoms with Gasteiger partial charge in [-0.1, -0.05) is 31.0 Å². The maximum atomic E-state index is 13.2. The van der Waals surface area contributed by atoms with Crippen molar-refractivity contribution in [3.63, 3.8) is 0 Å². The minimum atomic E-state index is -0.841. The van der Waals surface area contributed by atoms with Gasteiger partial charge in [-0.2, -0.15) is 0 Å². The van der Waals surface area contributed by atoms with Crippen molar-refractivity contribution in [1.29, 1.82) is 0 Å². The van der Waals surface area contributed by atoms with Gasteiger partial charge in [-0.05, 0) is 36.8 Å². The number of thioether (sulfide) groups is 1. The highest BCUT2D eigenvalue weighted by Crippen LogP contribution is 2.45. The van der Waals surface area contributed by atoms with Gasteiger partial charge < -0.3 is 10.0 Å². The average molecular weight is 331 g/mol. The second-order valence-corrected chi connectivity index (χ2v) is 7.91. The van der Waals surface area contributed by atoms with E-state index in [9.17, 15) is 14.7 Å². The van der Waals surface area contributed by atoms with Crippen LogP contribution in [0.4, 0.5) is 0 Å². The monoisotopic (exact) mass is 331 g/mol. The fourth-order valence-corrected chi connectivity index (χ4v) is 5.76. The van der Waals surface area contributed by atoms with E-state index in [-0.39, 0.29) is 17.9 Å². The number of hydrogen-bond acceptors (Lipinski definition) is 3. The van der Waals surface area contributed by atoms with Gasteiger partial charge in [-0.15, -0.1) is 11.8 Å². The van der Waals surface area contributed by atoms with Crippen LogP contribution in [0.5, 0.6) is 0 Å². The van der Waals surface area contributed by atoms with E-state index in [1.54, 1.807) is 16.7 Å². The summed E-state index contributed by atoms with van der Waals surface area (Å²) in [6.45, 7) is 0. The fourth-order valence-electron chi connectivity index (χ4n) is 4.54. The number of carboxylic acid groups (broad SMARTS) is 1. The second kappa shape index (κ2) is 5.86.